The van der Waals surface area contributed by atoms with Gasteiger partial charge in [0.25, 0.3) is 0 Å². The van der Waals surface area contributed by atoms with E-state index in [2.05, 4.69) is 13.8 Å². The second kappa shape index (κ2) is 4.70. The van der Waals surface area contributed by atoms with Crippen LogP contribution in [0.5, 0.6) is 0 Å². The first-order chi connectivity index (χ1) is 10.3. The Morgan fingerprint density at radius 1 is 1.00 bits per heavy atom. The lowest BCUT2D eigenvalue weighted by molar-refractivity contribution is -0.157. The maximum atomic E-state index is 10.8. The van der Waals surface area contributed by atoms with E-state index in [9.17, 15) is 10.2 Å². The van der Waals surface area contributed by atoms with Crippen LogP contribution in [-0.4, -0.2) is 34.6 Å². The third-order valence-corrected chi connectivity index (χ3v) is 8.48. The molecule has 0 spiro atoms. The summed E-state index contributed by atoms with van der Waals surface area (Å²) in [4.78, 5) is 0. The largest absolute Gasteiger partial charge is 0.393 e. The van der Waals surface area contributed by atoms with Crippen LogP contribution in [-0.2, 0) is 4.74 Å². The SMILES string of the molecule is CC1(O)CO[C@H]2[C@@H]3CCC4CC(O)CC[C@]4(C)[C@@H]3CC[C@@]21C. The molecule has 1 saturated heterocycles. The van der Waals surface area contributed by atoms with Crippen molar-refractivity contribution in [2.24, 2.45) is 28.6 Å². The fourth-order valence-electron chi connectivity index (χ4n) is 6.69. The van der Waals surface area contributed by atoms with Crippen LogP contribution in [0, 0.1) is 28.6 Å². The Morgan fingerprint density at radius 3 is 2.55 bits per heavy atom. The van der Waals surface area contributed by atoms with E-state index in [0.717, 1.165) is 19.3 Å². The van der Waals surface area contributed by atoms with Crippen molar-refractivity contribution in [3.05, 3.63) is 0 Å². The third kappa shape index (κ3) is 1.85. The fourth-order valence-corrected chi connectivity index (χ4v) is 6.69. The molecule has 0 bridgehead atoms. The Bertz CT molecular complexity index is 462. The fraction of sp³-hybridized carbons (Fsp3) is 1.00. The minimum atomic E-state index is -0.677. The van der Waals surface area contributed by atoms with E-state index >= 15 is 0 Å². The highest BCUT2D eigenvalue weighted by Crippen LogP contribution is 2.64. The van der Waals surface area contributed by atoms with Gasteiger partial charge in [-0.25, -0.2) is 0 Å². The van der Waals surface area contributed by atoms with Gasteiger partial charge in [-0.2, -0.15) is 0 Å². The highest BCUT2D eigenvalue weighted by Gasteiger charge is 2.64. The van der Waals surface area contributed by atoms with Gasteiger partial charge in [-0.15, -0.1) is 0 Å². The summed E-state index contributed by atoms with van der Waals surface area (Å²) in [7, 11) is 0. The van der Waals surface area contributed by atoms with Crippen LogP contribution >= 0.6 is 0 Å². The van der Waals surface area contributed by atoms with E-state index < -0.39 is 5.60 Å². The summed E-state index contributed by atoms with van der Waals surface area (Å²) in [5.74, 6) is 2.00. The predicted molar refractivity (Wildman–Crippen MR) is 85.4 cm³/mol. The van der Waals surface area contributed by atoms with Crippen LogP contribution in [0.15, 0.2) is 0 Å². The molecule has 22 heavy (non-hydrogen) atoms. The number of aliphatic hydroxyl groups is 2. The van der Waals surface area contributed by atoms with Crippen LogP contribution in [0.1, 0.15) is 65.7 Å². The van der Waals surface area contributed by atoms with Gasteiger partial charge in [-0.05, 0) is 75.0 Å². The molecule has 3 heteroatoms. The Morgan fingerprint density at radius 2 is 1.77 bits per heavy atom. The van der Waals surface area contributed by atoms with Gasteiger partial charge in [0.1, 0.15) is 0 Å². The van der Waals surface area contributed by atoms with E-state index in [-0.39, 0.29) is 17.6 Å². The lowest BCUT2D eigenvalue weighted by atomic mass is 9.45. The van der Waals surface area contributed by atoms with Crippen molar-refractivity contribution in [2.75, 3.05) is 6.61 Å². The molecule has 4 rings (SSSR count). The summed E-state index contributed by atoms with van der Waals surface area (Å²) >= 11 is 0. The first kappa shape index (κ1) is 15.4. The Kier molecular flexibility index (Phi) is 3.30. The van der Waals surface area contributed by atoms with Gasteiger partial charge in [0, 0.05) is 5.41 Å². The van der Waals surface area contributed by atoms with Gasteiger partial charge in [0.2, 0.25) is 0 Å². The smallest absolute Gasteiger partial charge is 0.0930 e. The van der Waals surface area contributed by atoms with Crippen molar-refractivity contribution in [2.45, 2.75) is 83.5 Å². The molecule has 1 aliphatic heterocycles. The summed E-state index contributed by atoms with van der Waals surface area (Å²) in [6.45, 7) is 7.20. The lowest BCUT2D eigenvalue weighted by Crippen LogP contribution is -2.58. The molecule has 8 atom stereocenters. The topological polar surface area (TPSA) is 49.7 Å². The van der Waals surface area contributed by atoms with Crippen molar-refractivity contribution < 1.29 is 14.9 Å². The molecule has 126 valence electrons. The zero-order valence-electron chi connectivity index (χ0n) is 14.3. The monoisotopic (exact) mass is 308 g/mol. The van der Waals surface area contributed by atoms with Crippen molar-refractivity contribution in [3.8, 4) is 0 Å². The molecule has 1 heterocycles. The van der Waals surface area contributed by atoms with E-state index in [4.69, 9.17) is 4.74 Å². The van der Waals surface area contributed by atoms with Crippen LogP contribution in [0.25, 0.3) is 0 Å². The van der Waals surface area contributed by atoms with Crippen LogP contribution in [0.2, 0.25) is 0 Å². The molecule has 0 aromatic heterocycles. The molecule has 0 radical (unpaired) electrons. The second-order valence-corrected chi connectivity index (χ2v) is 9.44. The Labute approximate surface area is 134 Å². The maximum Gasteiger partial charge on any atom is 0.0930 e. The van der Waals surface area contributed by atoms with Crippen LogP contribution in [0.4, 0.5) is 0 Å². The molecule has 2 N–H and O–H groups in total. The number of hydrogen-bond acceptors (Lipinski definition) is 3. The average molecular weight is 308 g/mol. The van der Waals surface area contributed by atoms with E-state index in [0.29, 0.717) is 29.8 Å². The molecule has 0 amide bonds. The van der Waals surface area contributed by atoms with Gasteiger partial charge in [-0.1, -0.05) is 13.8 Å². The highest BCUT2D eigenvalue weighted by molar-refractivity contribution is 5.13. The number of ether oxygens (including phenoxy) is 1. The van der Waals surface area contributed by atoms with Gasteiger partial charge >= 0.3 is 0 Å². The molecular weight excluding hydrogens is 276 g/mol. The second-order valence-electron chi connectivity index (χ2n) is 9.44. The van der Waals surface area contributed by atoms with E-state index in [1.807, 2.05) is 6.92 Å². The first-order valence-electron chi connectivity index (χ1n) is 9.30. The van der Waals surface area contributed by atoms with Gasteiger partial charge < -0.3 is 14.9 Å². The Hall–Kier alpha value is -0.120. The quantitative estimate of drug-likeness (QED) is 0.723. The third-order valence-electron chi connectivity index (χ3n) is 8.48. The molecule has 0 aromatic rings. The number of hydrogen-bond donors (Lipinski definition) is 2. The molecule has 3 nitrogen and oxygen atoms in total. The molecule has 3 aliphatic carbocycles. The number of fused-ring (bicyclic) bond motifs is 5. The van der Waals surface area contributed by atoms with Gasteiger partial charge in [-0.3, -0.25) is 0 Å². The van der Waals surface area contributed by atoms with Crippen molar-refractivity contribution in [1.29, 1.82) is 0 Å². The van der Waals surface area contributed by atoms with Gasteiger partial charge in [0.05, 0.1) is 24.4 Å². The predicted octanol–water partition coefficient (Wildman–Crippen LogP) is 3.13. The summed E-state index contributed by atoms with van der Waals surface area (Å²) in [5.41, 5.74) is -0.379. The highest BCUT2D eigenvalue weighted by atomic mass is 16.5. The van der Waals surface area contributed by atoms with Crippen molar-refractivity contribution in [1.82, 2.24) is 0 Å². The lowest BCUT2D eigenvalue weighted by Gasteiger charge is -2.60. The zero-order valence-corrected chi connectivity index (χ0v) is 14.3. The van der Waals surface area contributed by atoms with Crippen LogP contribution < -0.4 is 0 Å². The van der Waals surface area contributed by atoms with Crippen molar-refractivity contribution in [3.63, 3.8) is 0 Å². The number of aliphatic hydroxyl groups excluding tert-OH is 1. The van der Waals surface area contributed by atoms with Crippen LogP contribution in [0.3, 0.4) is 0 Å². The van der Waals surface area contributed by atoms with Crippen molar-refractivity contribution >= 4 is 0 Å². The zero-order chi connectivity index (χ0) is 15.8. The summed E-state index contributed by atoms with van der Waals surface area (Å²) in [6.07, 6.45) is 8.03. The Balaban J connectivity index is 1.64. The molecule has 4 fully saturated rings. The average Bonchev–Trinajstić information content (AvgIpc) is 2.70. The normalized spacial score (nSPS) is 61.2. The molecule has 0 aromatic carbocycles. The van der Waals surface area contributed by atoms with E-state index in [1.165, 1.54) is 25.7 Å². The first-order valence-corrected chi connectivity index (χ1v) is 9.30. The van der Waals surface area contributed by atoms with E-state index in [1.54, 1.807) is 0 Å². The molecule has 3 saturated carbocycles. The standard InChI is InChI=1S/C19H32O3/c1-17-8-6-13(20)10-12(17)4-5-14-15(17)7-9-18(2)16(14)22-11-19(18,3)21/h12-16,20-21H,4-11H2,1-3H3/t12?,13?,14-,15-,16+,17+,18+,19?/m1/s1. The molecule has 4 aliphatic rings. The minimum Gasteiger partial charge on any atom is -0.393 e. The minimum absolute atomic E-state index is 0.0769. The summed E-state index contributed by atoms with van der Waals surface area (Å²) in [5, 5.41) is 20.9. The number of rotatable bonds is 0. The molecular formula is C19H32O3. The van der Waals surface area contributed by atoms with Gasteiger partial charge in [0.15, 0.2) is 0 Å². The molecule has 3 unspecified atom stereocenters. The summed E-state index contributed by atoms with van der Waals surface area (Å²) < 4.78 is 6.19. The summed E-state index contributed by atoms with van der Waals surface area (Å²) in [6, 6.07) is 0. The maximum absolute atomic E-state index is 10.8.